The standard InChI is InChI=1S/C21H18N4O4/c22-13-15-21(29-19(23-15)17-6-3-11-27-17)25-9-7-24(8-10-25)20(26)18-12-14-4-1-2-5-16(14)28-18/h1-6,11,18H,7-10,12H2/t18-/m0/s1. The van der Waals surface area contributed by atoms with Gasteiger partial charge < -0.3 is 23.4 Å². The molecule has 8 heteroatoms. The summed E-state index contributed by atoms with van der Waals surface area (Å²) >= 11 is 0. The van der Waals surface area contributed by atoms with Crippen LogP contribution >= 0.6 is 0 Å². The van der Waals surface area contributed by atoms with Crippen LogP contribution in [0.4, 0.5) is 5.88 Å². The lowest BCUT2D eigenvalue weighted by atomic mass is 10.1. The van der Waals surface area contributed by atoms with Crippen molar-refractivity contribution in [3.63, 3.8) is 0 Å². The average molecular weight is 390 g/mol. The molecule has 0 saturated carbocycles. The second-order valence-electron chi connectivity index (χ2n) is 6.99. The first-order chi connectivity index (χ1) is 14.2. The Balaban J connectivity index is 1.25. The molecule has 0 bridgehead atoms. The number of rotatable bonds is 3. The normalized spacial score (nSPS) is 18.2. The van der Waals surface area contributed by atoms with Gasteiger partial charge in [0.05, 0.1) is 6.26 Å². The van der Waals surface area contributed by atoms with Crippen molar-refractivity contribution in [2.75, 3.05) is 31.1 Å². The highest BCUT2D eigenvalue weighted by Crippen LogP contribution is 2.31. The number of nitrogens with zero attached hydrogens (tertiary/aromatic N) is 4. The third kappa shape index (κ3) is 3.10. The van der Waals surface area contributed by atoms with Gasteiger partial charge in [-0.3, -0.25) is 4.79 Å². The van der Waals surface area contributed by atoms with Crippen LogP contribution < -0.4 is 9.64 Å². The van der Waals surface area contributed by atoms with Gasteiger partial charge in [0, 0.05) is 32.6 Å². The highest BCUT2D eigenvalue weighted by Gasteiger charge is 2.34. The van der Waals surface area contributed by atoms with Crippen LogP contribution in [0.3, 0.4) is 0 Å². The van der Waals surface area contributed by atoms with Gasteiger partial charge in [-0.2, -0.15) is 10.2 Å². The summed E-state index contributed by atoms with van der Waals surface area (Å²) < 4.78 is 16.9. The van der Waals surface area contributed by atoms with Gasteiger partial charge in [0.15, 0.2) is 11.9 Å². The molecule has 3 aromatic rings. The van der Waals surface area contributed by atoms with E-state index >= 15 is 0 Å². The van der Waals surface area contributed by atoms with Gasteiger partial charge in [-0.25, -0.2) is 0 Å². The number of aromatic nitrogens is 1. The summed E-state index contributed by atoms with van der Waals surface area (Å²) in [6.07, 6.45) is 1.66. The molecule has 0 radical (unpaired) electrons. The maximum atomic E-state index is 12.9. The van der Waals surface area contributed by atoms with E-state index < -0.39 is 6.10 Å². The zero-order valence-corrected chi connectivity index (χ0v) is 15.6. The van der Waals surface area contributed by atoms with Gasteiger partial charge in [0.1, 0.15) is 11.8 Å². The van der Waals surface area contributed by atoms with E-state index in [0.29, 0.717) is 44.2 Å². The van der Waals surface area contributed by atoms with E-state index in [0.717, 1.165) is 11.3 Å². The first-order valence-corrected chi connectivity index (χ1v) is 9.46. The minimum Gasteiger partial charge on any atom is -0.480 e. The molecule has 1 saturated heterocycles. The van der Waals surface area contributed by atoms with Crippen LogP contribution in [0.25, 0.3) is 11.7 Å². The average Bonchev–Trinajstić information content (AvgIpc) is 3.51. The highest BCUT2D eigenvalue weighted by atomic mass is 16.5. The smallest absolute Gasteiger partial charge is 0.266 e. The molecule has 146 valence electrons. The second-order valence-corrected chi connectivity index (χ2v) is 6.99. The van der Waals surface area contributed by atoms with Crippen molar-refractivity contribution >= 4 is 11.8 Å². The van der Waals surface area contributed by atoms with Gasteiger partial charge in [0.25, 0.3) is 11.8 Å². The molecule has 0 unspecified atom stereocenters. The number of carbonyl (C=O) groups is 1. The number of benzene rings is 1. The number of hydrogen-bond donors (Lipinski definition) is 0. The zero-order valence-electron chi connectivity index (χ0n) is 15.6. The van der Waals surface area contributed by atoms with Gasteiger partial charge >= 0.3 is 0 Å². The van der Waals surface area contributed by atoms with Gasteiger partial charge in [-0.15, -0.1) is 0 Å². The van der Waals surface area contributed by atoms with Gasteiger partial charge in [0.2, 0.25) is 11.6 Å². The van der Waals surface area contributed by atoms with E-state index in [1.807, 2.05) is 34.1 Å². The predicted molar refractivity (Wildman–Crippen MR) is 102 cm³/mol. The molecule has 0 spiro atoms. The molecule has 2 aliphatic rings. The van der Waals surface area contributed by atoms with Gasteiger partial charge in [-0.1, -0.05) is 18.2 Å². The number of anilines is 1. The van der Waals surface area contributed by atoms with Crippen molar-refractivity contribution in [2.24, 2.45) is 0 Å². The SMILES string of the molecule is N#Cc1nc(-c2ccco2)oc1N1CCN(C(=O)[C@@H]2Cc3ccccc3O2)CC1. The summed E-state index contributed by atoms with van der Waals surface area (Å²) in [6.45, 7) is 2.15. The molecule has 2 aliphatic heterocycles. The second kappa shape index (κ2) is 7.02. The Morgan fingerprint density at radius 2 is 1.97 bits per heavy atom. The lowest BCUT2D eigenvalue weighted by Gasteiger charge is -2.35. The molecule has 8 nitrogen and oxygen atoms in total. The summed E-state index contributed by atoms with van der Waals surface area (Å²) in [5.41, 5.74) is 1.28. The molecule has 0 N–H and O–H groups in total. The summed E-state index contributed by atoms with van der Waals surface area (Å²) in [4.78, 5) is 20.8. The van der Waals surface area contributed by atoms with Crippen LogP contribution in [0.1, 0.15) is 11.3 Å². The molecule has 1 aromatic carbocycles. The van der Waals surface area contributed by atoms with Crippen molar-refractivity contribution in [3.8, 4) is 23.5 Å². The Hall–Kier alpha value is -3.73. The molecule has 1 atom stereocenters. The molecular formula is C21H18N4O4. The van der Waals surface area contributed by atoms with E-state index in [2.05, 4.69) is 11.1 Å². The maximum absolute atomic E-state index is 12.9. The van der Waals surface area contributed by atoms with E-state index in [-0.39, 0.29) is 17.5 Å². The van der Waals surface area contributed by atoms with Gasteiger partial charge in [-0.05, 0) is 23.8 Å². The number of carbonyl (C=O) groups excluding carboxylic acids is 1. The number of nitriles is 1. The fraction of sp³-hybridized carbons (Fsp3) is 0.286. The number of ether oxygens (including phenoxy) is 1. The van der Waals surface area contributed by atoms with Crippen LogP contribution in [0, 0.1) is 11.3 Å². The highest BCUT2D eigenvalue weighted by molar-refractivity contribution is 5.83. The number of para-hydroxylation sites is 1. The Kier molecular flexibility index (Phi) is 4.21. The van der Waals surface area contributed by atoms with E-state index in [1.165, 1.54) is 6.26 Å². The van der Waals surface area contributed by atoms with E-state index in [9.17, 15) is 10.1 Å². The monoisotopic (exact) mass is 390 g/mol. The van der Waals surface area contributed by atoms with E-state index in [4.69, 9.17) is 13.6 Å². The van der Waals surface area contributed by atoms with Crippen molar-refractivity contribution in [1.82, 2.24) is 9.88 Å². The number of amides is 1. The van der Waals surface area contributed by atoms with Crippen LogP contribution in [0.5, 0.6) is 5.75 Å². The lowest BCUT2D eigenvalue weighted by molar-refractivity contribution is -0.138. The summed E-state index contributed by atoms with van der Waals surface area (Å²) in [7, 11) is 0. The molecular weight excluding hydrogens is 372 g/mol. The summed E-state index contributed by atoms with van der Waals surface area (Å²) in [6, 6.07) is 13.3. The van der Waals surface area contributed by atoms with Crippen LogP contribution in [0.15, 0.2) is 51.5 Å². The summed E-state index contributed by atoms with van der Waals surface area (Å²) in [5, 5.41) is 9.42. The fourth-order valence-electron chi connectivity index (χ4n) is 3.76. The first-order valence-electron chi connectivity index (χ1n) is 9.46. The Bertz CT molecular complexity index is 1050. The fourth-order valence-corrected chi connectivity index (χ4v) is 3.76. The largest absolute Gasteiger partial charge is 0.480 e. The minimum absolute atomic E-state index is 0.00444. The molecule has 29 heavy (non-hydrogen) atoms. The van der Waals surface area contributed by atoms with Crippen molar-refractivity contribution in [2.45, 2.75) is 12.5 Å². The Labute approximate surface area is 166 Å². The molecule has 1 amide bonds. The third-order valence-corrected chi connectivity index (χ3v) is 5.25. The van der Waals surface area contributed by atoms with E-state index in [1.54, 1.807) is 12.1 Å². The Morgan fingerprint density at radius 3 is 2.69 bits per heavy atom. The predicted octanol–water partition coefficient (Wildman–Crippen LogP) is 2.46. The number of fused-ring (bicyclic) bond motifs is 1. The molecule has 4 heterocycles. The van der Waals surface area contributed by atoms with Crippen molar-refractivity contribution in [1.29, 1.82) is 5.26 Å². The third-order valence-electron chi connectivity index (χ3n) is 5.25. The van der Waals surface area contributed by atoms with Crippen molar-refractivity contribution in [3.05, 3.63) is 53.9 Å². The topological polar surface area (TPSA) is 95.7 Å². The number of furan rings is 1. The minimum atomic E-state index is -0.468. The number of hydrogen-bond acceptors (Lipinski definition) is 7. The Morgan fingerprint density at radius 1 is 1.14 bits per heavy atom. The van der Waals surface area contributed by atoms with Crippen LogP contribution in [-0.4, -0.2) is 48.1 Å². The lowest BCUT2D eigenvalue weighted by Crippen LogP contribution is -2.52. The molecule has 1 fully saturated rings. The number of piperazine rings is 1. The molecule has 0 aliphatic carbocycles. The van der Waals surface area contributed by atoms with Crippen LogP contribution in [0.2, 0.25) is 0 Å². The van der Waals surface area contributed by atoms with Crippen LogP contribution in [-0.2, 0) is 11.2 Å². The van der Waals surface area contributed by atoms with Crippen molar-refractivity contribution < 1.29 is 18.4 Å². The maximum Gasteiger partial charge on any atom is 0.266 e. The quantitative estimate of drug-likeness (QED) is 0.678. The zero-order chi connectivity index (χ0) is 19.8. The molecule has 5 rings (SSSR count). The first kappa shape index (κ1) is 17.4. The molecule has 2 aromatic heterocycles. The number of oxazole rings is 1. The summed E-state index contributed by atoms with van der Waals surface area (Å²) in [5.74, 6) is 1.94.